The van der Waals surface area contributed by atoms with E-state index in [1.54, 1.807) is 0 Å². The van der Waals surface area contributed by atoms with Gasteiger partial charge in [-0.1, -0.05) is 276 Å². The second kappa shape index (κ2) is 72.3. The first-order valence-electron chi connectivity index (χ1n) is 38.1. The quantitative estimate of drug-likeness (QED) is 0.0169. The third kappa shape index (κ3) is 71.3. The van der Waals surface area contributed by atoms with Gasteiger partial charge in [0.1, 0.15) is 19.3 Å². The summed E-state index contributed by atoms with van der Waals surface area (Å²) in [5, 5.41) is 10.6. The number of unbranched alkanes of at least 4 members (excludes halogenated alkanes) is 20. The number of hydrogen-bond acceptors (Lipinski definition) is 15. The predicted molar refractivity (Wildman–Crippen MR) is 408 cm³/mol. The molecule has 0 saturated heterocycles. The van der Waals surface area contributed by atoms with Crippen molar-refractivity contribution in [1.29, 1.82) is 0 Å². The van der Waals surface area contributed by atoms with Gasteiger partial charge >= 0.3 is 39.5 Å². The SMILES string of the molecule is CC/C=C\C/C=C\C/C=C\C/C=C\C/C=C\C/C=C\CCC(=O)OCC(COP(=O)(O)OCC(O)COP(=O)(O)OCC(COC(=O)CCC/C=C\C/C=C\C/C=C\C/C=C\C/C=C\CC)OC(=O)CCCCCCCCCCCCC)OC(=O)CCCCCCC/C=C\CCCCCC. The highest BCUT2D eigenvalue weighted by molar-refractivity contribution is 7.47. The topological polar surface area (TPSA) is 237 Å². The fourth-order valence-corrected chi connectivity index (χ4v) is 11.1. The van der Waals surface area contributed by atoms with Gasteiger partial charge in [0.15, 0.2) is 12.2 Å². The summed E-state index contributed by atoms with van der Waals surface area (Å²) in [6.07, 6.45) is 81.5. The molecule has 0 aromatic carbocycles. The minimum absolute atomic E-state index is 0.0304. The highest BCUT2D eigenvalue weighted by atomic mass is 31.2. The van der Waals surface area contributed by atoms with Crippen molar-refractivity contribution in [3.63, 3.8) is 0 Å². The Hall–Kier alpha value is -5.06. The van der Waals surface area contributed by atoms with Gasteiger partial charge < -0.3 is 33.8 Å². The number of phosphoric acid groups is 2. The number of carbonyl (C=O) groups is 4. The first-order valence-corrected chi connectivity index (χ1v) is 41.1. The fraction of sp³-hybridized carbons (Fsp3) is 0.654. The maximum absolute atomic E-state index is 13.1. The number of phosphoric ester groups is 2. The average Bonchev–Trinajstić information content (AvgIpc) is 0.940. The number of hydrogen-bond donors (Lipinski definition) is 3. The predicted octanol–water partition coefficient (Wildman–Crippen LogP) is 21.9. The van der Waals surface area contributed by atoms with Gasteiger partial charge in [-0.2, -0.15) is 0 Å². The number of carbonyl (C=O) groups excluding carboxylic acids is 4. The minimum Gasteiger partial charge on any atom is -0.462 e. The summed E-state index contributed by atoms with van der Waals surface area (Å²) in [7, 11) is -9.99. The first kappa shape index (κ1) is 94.9. The first-order chi connectivity index (χ1) is 48.7. The van der Waals surface area contributed by atoms with Gasteiger partial charge in [0.25, 0.3) is 0 Å². The van der Waals surface area contributed by atoms with Crippen LogP contribution in [-0.4, -0.2) is 96.7 Å². The molecule has 0 bridgehead atoms. The van der Waals surface area contributed by atoms with Crippen molar-refractivity contribution in [2.75, 3.05) is 39.6 Å². The number of ether oxygens (including phenoxy) is 4. The van der Waals surface area contributed by atoms with Gasteiger partial charge in [-0.25, -0.2) is 9.13 Å². The molecule has 570 valence electrons. The van der Waals surface area contributed by atoms with Crippen molar-refractivity contribution in [3.8, 4) is 0 Å². The Morgan fingerprint density at radius 3 is 0.910 bits per heavy atom. The normalized spacial score (nSPS) is 14.8. The molecule has 0 aliphatic rings. The lowest BCUT2D eigenvalue weighted by Crippen LogP contribution is -2.30. The molecular weight excluding hydrogens is 1310 g/mol. The molecule has 0 heterocycles. The third-order valence-corrected chi connectivity index (χ3v) is 17.2. The van der Waals surface area contributed by atoms with Gasteiger partial charge in [0.05, 0.1) is 26.4 Å². The maximum atomic E-state index is 13.1. The Labute approximate surface area is 605 Å². The van der Waals surface area contributed by atoms with Crippen LogP contribution in [0.3, 0.4) is 0 Å². The summed E-state index contributed by atoms with van der Waals surface area (Å²) in [4.78, 5) is 72.7. The zero-order chi connectivity index (χ0) is 73.2. The van der Waals surface area contributed by atoms with E-state index in [4.69, 9.17) is 37.0 Å². The summed E-state index contributed by atoms with van der Waals surface area (Å²) in [6.45, 7) is 4.45. The zero-order valence-corrected chi connectivity index (χ0v) is 63.9. The Kier molecular flexibility index (Phi) is 68.6. The van der Waals surface area contributed by atoms with Gasteiger partial charge in [-0.3, -0.25) is 37.3 Å². The molecule has 0 fully saturated rings. The van der Waals surface area contributed by atoms with Crippen LogP contribution in [0.1, 0.15) is 285 Å². The van der Waals surface area contributed by atoms with Crippen molar-refractivity contribution in [1.82, 2.24) is 0 Å². The summed E-state index contributed by atoms with van der Waals surface area (Å²) < 4.78 is 68.3. The Bertz CT molecular complexity index is 2470. The van der Waals surface area contributed by atoms with Crippen LogP contribution in [0.5, 0.6) is 0 Å². The van der Waals surface area contributed by atoms with E-state index >= 15 is 0 Å². The highest BCUT2D eigenvalue weighted by Crippen LogP contribution is 2.45. The van der Waals surface area contributed by atoms with Gasteiger partial charge in [-0.15, -0.1) is 0 Å². The molecule has 0 aromatic rings. The molecule has 5 unspecified atom stereocenters. The van der Waals surface area contributed by atoms with Gasteiger partial charge in [-0.05, 0) is 128 Å². The minimum atomic E-state index is -5.00. The largest absolute Gasteiger partial charge is 0.472 e. The summed E-state index contributed by atoms with van der Waals surface area (Å²) in [5.74, 6) is -2.35. The van der Waals surface area contributed by atoms with E-state index in [0.29, 0.717) is 38.5 Å². The molecular formula is C81H134O17P2. The van der Waals surface area contributed by atoms with Crippen LogP contribution in [0.25, 0.3) is 0 Å². The molecule has 19 heteroatoms. The summed E-state index contributed by atoms with van der Waals surface area (Å²) >= 11 is 0. The molecule has 0 saturated carbocycles. The van der Waals surface area contributed by atoms with Crippen LogP contribution in [-0.2, 0) is 65.4 Å². The molecule has 0 aromatic heterocycles. The lowest BCUT2D eigenvalue weighted by Gasteiger charge is -2.21. The van der Waals surface area contributed by atoms with Crippen molar-refractivity contribution in [2.45, 2.75) is 303 Å². The molecule has 100 heavy (non-hydrogen) atoms. The van der Waals surface area contributed by atoms with Crippen molar-refractivity contribution >= 4 is 39.5 Å². The monoisotopic (exact) mass is 1440 g/mol. The highest BCUT2D eigenvalue weighted by Gasteiger charge is 2.30. The van der Waals surface area contributed by atoms with Gasteiger partial charge in [0, 0.05) is 25.7 Å². The second-order valence-corrected chi connectivity index (χ2v) is 27.7. The molecule has 0 spiro atoms. The number of rotatable bonds is 70. The molecule has 0 rings (SSSR count). The van der Waals surface area contributed by atoms with E-state index in [1.165, 1.54) is 64.2 Å². The summed E-state index contributed by atoms with van der Waals surface area (Å²) in [6, 6.07) is 0. The lowest BCUT2D eigenvalue weighted by atomic mass is 10.1. The molecule has 0 aliphatic carbocycles. The van der Waals surface area contributed by atoms with Crippen molar-refractivity contribution < 1.29 is 80.2 Å². The van der Waals surface area contributed by atoms with Crippen LogP contribution in [0.15, 0.2) is 146 Å². The van der Waals surface area contributed by atoms with E-state index in [1.807, 2.05) is 30.4 Å². The van der Waals surface area contributed by atoms with E-state index in [-0.39, 0.29) is 25.7 Å². The van der Waals surface area contributed by atoms with Crippen molar-refractivity contribution in [3.05, 3.63) is 146 Å². The van der Waals surface area contributed by atoms with Gasteiger partial charge in [0.2, 0.25) is 0 Å². The van der Waals surface area contributed by atoms with Crippen LogP contribution in [0.4, 0.5) is 0 Å². The molecule has 17 nitrogen and oxygen atoms in total. The Morgan fingerprint density at radius 2 is 0.550 bits per heavy atom. The van der Waals surface area contributed by atoms with Crippen LogP contribution < -0.4 is 0 Å². The molecule has 0 aliphatic heterocycles. The number of aliphatic hydroxyl groups is 1. The van der Waals surface area contributed by atoms with Crippen LogP contribution >= 0.6 is 15.6 Å². The van der Waals surface area contributed by atoms with E-state index in [0.717, 1.165) is 128 Å². The number of allylic oxidation sites excluding steroid dienone is 24. The molecule has 5 atom stereocenters. The molecule has 0 amide bonds. The maximum Gasteiger partial charge on any atom is 0.472 e. The van der Waals surface area contributed by atoms with Crippen LogP contribution in [0, 0.1) is 0 Å². The average molecular weight is 1440 g/mol. The lowest BCUT2D eigenvalue weighted by molar-refractivity contribution is -0.161. The number of esters is 4. The van der Waals surface area contributed by atoms with E-state index < -0.39 is 97.5 Å². The summed E-state index contributed by atoms with van der Waals surface area (Å²) in [5.41, 5.74) is 0. The van der Waals surface area contributed by atoms with E-state index in [2.05, 4.69) is 143 Å². The van der Waals surface area contributed by atoms with Crippen molar-refractivity contribution in [2.24, 2.45) is 0 Å². The zero-order valence-electron chi connectivity index (χ0n) is 62.1. The van der Waals surface area contributed by atoms with Crippen LogP contribution in [0.2, 0.25) is 0 Å². The fourth-order valence-electron chi connectivity index (χ4n) is 9.57. The second-order valence-electron chi connectivity index (χ2n) is 24.8. The Balaban J connectivity index is 5.43. The smallest absolute Gasteiger partial charge is 0.462 e. The standard InChI is InChI=1S/C81H134O17P2/c1-5-9-13-17-21-25-29-32-34-36-37-39-41-44-47-50-54-58-62-66-79(84)92-72-77(98-81(86)68-64-60-56-52-48-42-31-27-23-19-15-11-7-3)74-96-100(89,90)94-70-75(82)69-93-99(87,88)95-73-76(97-80(85)67-63-59-55-51-45-28-24-20-16-12-8-4)71-91-78(83)65-61-57-53-49-46-43-40-38-35-33-30-26-22-18-14-10-6-2/h9-10,13-14,21-22,25-27,31-35,37,39-40,43-44,47,49,53-54,58,75-77,82H,5-8,11-12,15-20,23-24,28-30,36,38,41-42,45-46,48,50-52,55-57,59-74H2,1-4H3,(H,87,88)(H,89,90)/b13-9-,14-10-,25-21-,26-22-,31-27-,34-32-,35-33-,39-37-,43-40-,47-44-,53-49-,58-54-. The number of aliphatic hydroxyl groups excluding tert-OH is 1. The van der Waals surface area contributed by atoms with E-state index in [9.17, 15) is 43.2 Å². The third-order valence-electron chi connectivity index (χ3n) is 15.3. The molecule has 3 N–H and O–H groups in total. The molecule has 0 radical (unpaired) electrons. The Morgan fingerprint density at radius 1 is 0.290 bits per heavy atom.